The Balaban J connectivity index is 1.94. The third kappa shape index (κ3) is 2.78. The van der Waals surface area contributed by atoms with E-state index in [0.717, 1.165) is 30.9 Å². The molecule has 6 heteroatoms. The summed E-state index contributed by atoms with van der Waals surface area (Å²) in [5, 5.41) is 0. The summed E-state index contributed by atoms with van der Waals surface area (Å²) in [4.78, 5) is 0.208. The molecule has 3 rings (SSSR count). The van der Waals surface area contributed by atoms with Gasteiger partial charge in [0.1, 0.15) is 11.6 Å². The summed E-state index contributed by atoms with van der Waals surface area (Å²) in [5.74, 6) is -0.345. The average Bonchev–Trinajstić information content (AvgIpc) is 2.96. The molecule has 0 heterocycles. The van der Waals surface area contributed by atoms with E-state index in [-0.39, 0.29) is 16.3 Å². The smallest absolute Gasteiger partial charge is 0.262 e. The van der Waals surface area contributed by atoms with Gasteiger partial charge in [-0.1, -0.05) is 6.07 Å². The summed E-state index contributed by atoms with van der Waals surface area (Å²) in [6.45, 7) is 0. The van der Waals surface area contributed by atoms with Gasteiger partial charge in [-0.05, 0) is 54.7 Å². The molecule has 1 aliphatic rings. The van der Waals surface area contributed by atoms with Crippen molar-refractivity contribution >= 4 is 15.7 Å². The van der Waals surface area contributed by atoms with Crippen molar-refractivity contribution in [2.75, 3.05) is 11.8 Å². The summed E-state index contributed by atoms with van der Waals surface area (Å²) in [6.07, 6.45) is 2.95. The Kier molecular flexibility index (Phi) is 3.78. The van der Waals surface area contributed by atoms with Gasteiger partial charge in [0.2, 0.25) is 0 Å². The molecule has 116 valence electrons. The highest BCUT2D eigenvalue weighted by Gasteiger charge is 2.20. The van der Waals surface area contributed by atoms with Crippen molar-refractivity contribution in [2.24, 2.45) is 0 Å². The van der Waals surface area contributed by atoms with Crippen LogP contribution in [0.5, 0.6) is 5.75 Å². The van der Waals surface area contributed by atoms with E-state index in [1.807, 2.05) is 6.07 Å². The second-order valence-electron chi connectivity index (χ2n) is 5.23. The lowest BCUT2D eigenvalue weighted by molar-refractivity contribution is 0.413. The van der Waals surface area contributed by atoms with Crippen LogP contribution >= 0.6 is 0 Å². The maximum absolute atomic E-state index is 13.2. The van der Waals surface area contributed by atoms with Gasteiger partial charge < -0.3 is 4.74 Å². The van der Waals surface area contributed by atoms with Gasteiger partial charge in [-0.3, -0.25) is 4.72 Å². The minimum Gasteiger partial charge on any atom is -0.494 e. The van der Waals surface area contributed by atoms with Crippen molar-refractivity contribution in [1.82, 2.24) is 0 Å². The number of hydrogen-bond donors (Lipinski definition) is 1. The predicted molar refractivity (Wildman–Crippen MR) is 82.2 cm³/mol. The van der Waals surface area contributed by atoms with Gasteiger partial charge in [-0.25, -0.2) is 12.8 Å². The topological polar surface area (TPSA) is 55.4 Å². The van der Waals surface area contributed by atoms with E-state index in [1.54, 1.807) is 12.1 Å². The first kappa shape index (κ1) is 14.8. The summed E-state index contributed by atoms with van der Waals surface area (Å²) < 4.78 is 45.6. The first-order valence-corrected chi connectivity index (χ1v) is 8.46. The lowest BCUT2D eigenvalue weighted by atomic mass is 10.1. The molecule has 2 aromatic carbocycles. The van der Waals surface area contributed by atoms with Gasteiger partial charge in [0, 0.05) is 6.07 Å². The second kappa shape index (κ2) is 5.61. The van der Waals surface area contributed by atoms with Crippen LogP contribution < -0.4 is 9.46 Å². The molecule has 0 aromatic heterocycles. The van der Waals surface area contributed by atoms with E-state index in [4.69, 9.17) is 4.74 Å². The molecular formula is C16H16FNO3S. The zero-order chi connectivity index (χ0) is 15.7. The van der Waals surface area contributed by atoms with Crippen LogP contribution in [-0.2, 0) is 22.9 Å². The molecule has 0 spiro atoms. The molecule has 1 aliphatic carbocycles. The number of rotatable bonds is 4. The third-order valence-corrected chi connectivity index (χ3v) is 5.15. The predicted octanol–water partition coefficient (Wildman–Crippen LogP) is 3.12. The normalized spacial score (nSPS) is 13.7. The highest BCUT2D eigenvalue weighted by atomic mass is 32.2. The third-order valence-electron chi connectivity index (χ3n) is 3.79. The summed E-state index contributed by atoms with van der Waals surface area (Å²) in [5.41, 5.74) is 2.50. The Morgan fingerprint density at radius 3 is 2.64 bits per heavy atom. The number of anilines is 1. The second-order valence-corrected chi connectivity index (χ2v) is 6.92. The number of halogens is 1. The maximum atomic E-state index is 13.2. The SMILES string of the molecule is COc1cc(F)ccc1NS(=O)(=O)c1ccc2c(c1)CCC2. The number of hydrogen-bond acceptors (Lipinski definition) is 3. The van der Waals surface area contributed by atoms with Crippen molar-refractivity contribution in [3.8, 4) is 5.75 Å². The van der Waals surface area contributed by atoms with Crippen LogP contribution in [0.1, 0.15) is 17.5 Å². The van der Waals surface area contributed by atoms with Crippen molar-refractivity contribution in [3.63, 3.8) is 0 Å². The molecule has 4 nitrogen and oxygen atoms in total. The van der Waals surface area contributed by atoms with E-state index >= 15 is 0 Å². The highest BCUT2D eigenvalue weighted by molar-refractivity contribution is 7.92. The van der Waals surface area contributed by atoms with Crippen LogP contribution in [0.25, 0.3) is 0 Å². The van der Waals surface area contributed by atoms with E-state index < -0.39 is 15.8 Å². The average molecular weight is 321 g/mol. The molecule has 0 unspecified atom stereocenters. The van der Waals surface area contributed by atoms with Gasteiger partial charge in [-0.2, -0.15) is 0 Å². The molecule has 0 saturated carbocycles. The quantitative estimate of drug-likeness (QED) is 0.941. The van der Waals surface area contributed by atoms with Crippen LogP contribution in [0.3, 0.4) is 0 Å². The first-order valence-electron chi connectivity index (χ1n) is 6.98. The lowest BCUT2D eigenvalue weighted by Crippen LogP contribution is -2.14. The Hall–Kier alpha value is -2.08. The fourth-order valence-electron chi connectivity index (χ4n) is 2.67. The van der Waals surface area contributed by atoms with E-state index in [1.165, 1.54) is 24.8 Å². The van der Waals surface area contributed by atoms with Crippen molar-refractivity contribution in [1.29, 1.82) is 0 Å². The Labute approximate surface area is 129 Å². The number of fused-ring (bicyclic) bond motifs is 1. The van der Waals surface area contributed by atoms with Crippen LogP contribution in [0.15, 0.2) is 41.3 Å². The molecule has 0 fully saturated rings. The molecule has 0 bridgehead atoms. The molecular weight excluding hydrogens is 305 g/mol. The molecule has 1 N–H and O–H groups in total. The molecule has 0 aliphatic heterocycles. The fraction of sp³-hybridized carbons (Fsp3) is 0.250. The summed E-state index contributed by atoms with van der Waals surface area (Å²) in [6, 6.07) is 8.84. The van der Waals surface area contributed by atoms with Crippen molar-refractivity contribution in [2.45, 2.75) is 24.2 Å². The molecule has 22 heavy (non-hydrogen) atoms. The van der Waals surface area contributed by atoms with Crippen molar-refractivity contribution < 1.29 is 17.5 Å². The largest absolute Gasteiger partial charge is 0.494 e. The lowest BCUT2D eigenvalue weighted by Gasteiger charge is -2.12. The standard InChI is InChI=1S/C16H16FNO3S/c1-21-16-10-13(17)6-8-15(16)18-22(19,20)14-7-5-11-3-2-4-12(11)9-14/h5-10,18H,2-4H2,1H3. The Morgan fingerprint density at radius 2 is 1.86 bits per heavy atom. The van der Waals surface area contributed by atoms with Gasteiger partial charge >= 0.3 is 0 Å². The van der Waals surface area contributed by atoms with E-state index in [2.05, 4.69) is 4.72 Å². The minimum absolute atomic E-state index is 0.143. The van der Waals surface area contributed by atoms with E-state index in [9.17, 15) is 12.8 Å². The van der Waals surface area contributed by atoms with Crippen LogP contribution in [0.2, 0.25) is 0 Å². The molecule has 0 amide bonds. The number of methoxy groups -OCH3 is 1. The van der Waals surface area contributed by atoms with Crippen LogP contribution in [-0.4, -0.2) is 15.5 Å². The number of aryl methyl sites for hydroxylation is 2. The highest BCUT2D eigenvalue weighted by Crippen LogP contribution is 2.29. The van der Waals surface area contributed by atoms with Crippen molar-refractivity contribution in [3.05, 3.63) is 53.3 Å². The van der Waals surface area contributed by atoms with Crippen LogP contribution in [0.4, 0.5) is 10.1 Å². The number of benzene rings is 2. The van der Waals surface area contributed by atoms with Gasteiger partial charge in [-0.15, -0.1) is 0 Å². The summed E-state index contributed by atoms with van der Waals surface area (Å²) in [7, 11) is -2.37. The van der Waals surface area contributed by atoms with Gasteiger partial charge in [0.05, 0.1) is 17.7 Å². The molecule has 0 atom stereocenters. The maximum Gasteiger partial charge on any atom is 0.262 e. The number of ether oxygens (including phenoxy) is 1. The molecule has 0 saturated heterocycles. The number of sulfonamides is 1. The Bertz CT molecular complexity index is 818. The minimum atomic E-state index is -3.73. The monoisotopic (exact) mass is 321 g/mol. The first-order chi connectivity index (χ1) is 10.5. The van der Waals surface area contributed by atoms with E-state index in [0.29, 0.717) is 0 Å². The zero-order valence-electron chi connectivity index (χ0n) is 12.1. The van der Waals surface area contributed by atoms with Gasteiger partial charge in [0.15, 0.2) is 0 Å². The Morgan fingerprint density at radius 1 is 1.09 bits per heavy atom. The fourth-order valence-corrected chi connectivity index (χ4v) is 3.79. The van der Waals surface area contributed by atoms with Crippen LogP contribution in [0, 0.1) is 5.82 Å². The summed E-state index contributed by atoms with van der Waals surface area (Å²) >= 11 is 0. The number of nitrogens with one attached hydrogen (secondary N) is 1. The molecule has 0 radical (unpaired) electrons. The zero-order valence-corrected chi connectivity index (χ0v) is 12.9. The van der Waals surface area contributed by atoms with Gasteiger partial charge in [0.25, 0.3) is 10.0 Å². The molecule has 2 aromatic rings.